The fourth-order valence-corrected chi connectivity index (χ4v) is 3.54. The average Bonchev–Trinajstić information content (AvgIpc) is 2.97. The molecule has 1 atom stereocenters. The summed E-state index contributed by atoms with van der Waals surface area (Å²) in [6.07, 6.45) is 7.74. The summed E-state index contributed by atoms with van der Waals surface area (Å²) in [4.78, 5) is 17.5. The average molecular weight is 259 g/mol. The van der Waals surface area contributed by atoms with Gasteiger partial charge in [0.2, 0.25) is 0 Å². The van der Waals surface area contributed by atoms with E-state index in [1.807, 2.05) is 12.3 Å². The summed E-state index contributed by atoms with van der Waals surface area (Å²) in [6, 6.07) is 6.90. The zero-order valence-electron chi connectivity index (χ0n) is 11.2. The monoisotopic (exact) mass is 259 g/mol. The smallest absolute Gasteiger partial charge is 0.106 e. The number of hydrogen-bond donors (Lipinski definition) is 0. The number of hydrogen-bond acceptors (Lipinski definition) is 4. The van der Waals surface area contributed by atoms with Crippen molar-refractivity contribution in [2.24, 2.45) is 5.18 Å². The molecule has 4 nitrogen and oxygen atoms in total. The summed E-state index contributed by atoms with van der Waals surface area (Å²) in [6.45, 7) is 1.93. The highest BCUT2D eigenvalue weighted by atomic mass is 16.3. The van der Waals surface area contributed by atoms with Crippen LogP contribution in [0.4, 0.5) is 0 Å². The van der Waals surface area contributed by atoms with E-state index < -0.39 is 0 Å². The molecule has 102 valence electrons. The van der Waals surface area contributed by atoms with E-state index >= 15 is 0 Å². The molecule has 19 heavy (non-hydrogen) atoms. The highest BCUT2D eigenvalue weighted by Crippen LogP contribution is 2.34. The summed E-state index contributed by atoms with van der Waals surface area (Å²) in [5, 5.41) is 3.19. The second-order valence-corrected chi connectivity index (χ2v) is 5.80. The minimum atomic E-state index is 0.0357. The van der Waals surface area contributed by atoms with Gasteiger partial charge in [0.25, 0.3) is 0 Å². The van der Waals surface area contributed by atoms with Gasteiger partial charge in [-0.15, -0.1) is 0 Å². The van der Waals surface area contributed by atoms with Crippen molar-refractivity contribution in [3.8, 4) is 0 Å². The van der Waals surface area contributed by atoms with Gasteiger partial charge in [-0.25, -0.2) is 0 Å². The van der Waals surface area contributed by atoms with Gasteiger partial charge in [0.05, 0.1) is 0 Å². The van der Waals surface area contributed by atoms with E-state index in [1.54, 1.807) is 0 Å². The summed E-state index contributed by atoms with van der Waals surface area (Å²) in [5.41, 5.74) is 1.25. The van der Waals surface area contributed by atoms with Crippen LogP contribution in [0.25, 0.3) is 0 Å². The molecular weight excluding hydrogens is 238 g/mol. The van der Waals surface area contributed by atoms with E-state index in [-0.39, 0.29) is 6.04 Å². The largest absolute Gasteiger partial charge is 0.298 e. The summed E-state index contributed by atoms with van der Waals surface area (Å²) >= 11 is 0. The van der Waals surface area contributed by atoms with E-state index in [4.69, 9.17) is 0 Å². The summed E-state index contributed by atoms with van der Waals surface area (Å²) < 4.78 is 0. The number of likely N-dealkylation sites (tertiary alicyclic amines) is 1. The third-order valence-electron chi connectivity index (χ3n) is 4.66. The van der Waals surface area contributed by atoms with Gasteiger partial charge in [-0.05, 0) is 44.2 Å². The number of aromatic nitrogens is 1. The van der Waals surface area contributed by atoms with Crippen LogP contribution in [0.2, 0.25) is 0 Å². The van der Waals surface area contributed by atoms with E-state index in [0.29, 0.717) is 12.0 Å². The Kier molecular flexibility index (Phi) is 3.87. The Balaban J connectivity index is 1.54. The molecule has 0 aromatic carbocycles. The Hall–Kier alpha value is -1.29. The van der Waals surface area contributed by atoms with Crippen molar-refractivity contribution >= 4 is 0 Å². The van der Waals surface area contributed by atoms with Crippen LogP contribution in [0, 0.1) is 4.91 Å². The molecule has 1 saturated heterocycles. The predicted molar refractivity (Wildman–Crippen MR) is 75.0 cm³/mol. The van der Waals surface area contributed by atoms with E-state index in [2.05, 4.69) is 27.2 Å². The van der Waals surface area contributed by atoms with Crippen molar-refractivity contribution in [1.82, 2.24) is 9.88 Å². The molecule has 4 heteroatoms. The van der Waals surface area contributed by atoms with Gasteiger partial charge in [0.1, 0.15) is 6.04 Å². The van der Waals surface area contributed by atoms with Gasteiger partial charge in [-0.3, -0.25) is 9.88 Å². The van der Waals surface area contributed by atoms with Gasteiger partial charge < -0.3 is 0 Å². The van der Waals surface area contributed by atoms with Crippen LogP contribution in [0.15, 0.2) is 29.6 Å². The summed E-state index contributed by atoms with van der Waals surface area (Å²) in [5.74, 6) is 0.625. The minimum absolute atomic E-state index is 0.0357. The number of pyridine rings is 1. The SMILES string of the molecule is O=N[C@@H]1CCN([C@H]2CC[C@H](c3ccccn3)CC2)C1. The lowest BCUT2D eigenvalue weighted by molar-refractivity contribution is 0.179. The molecule has 3 rings (SSSR count). The number of nitrogens with zero attached hydrogens (tertiary/aromatic N) is 3. The first-order chi connectivity index (χ1) is 9.36. The van der Waals surface area contributed by atoms with Crippen molar-refractivity contribution in [2.45, 2.75) is 50.1 Å². The highest BCUT2D eigenvalue weighted by Gasteiger charge is 2.32. The Morgan fingerprint density at radius 3 is 2.63 bits per heavy atom. The molecule has 2 fully saturated rings. The van der Waals surface area contributed by atoms with Crippen molar-refractivity contribution in [1.29, 1.82) is 0 Å². The van der Waals surface area contributed by atoms with Crippen molar-refractivity contribution in [2.75, 3.05) is 13.1 Å². The first-order valence-electron chi connectivity index (χ1n) is 7.34. The Bertz CT molecular complexity index is 415. The predicted octanol–water partition coefficient (Wildman–Crippen LogP) is 2.95. The molecule has 1 aromatic rings. The molecule has 1 aliphatic heterocycles. The molecule has 0 unspecified atom stereocenters. The van der Waals surface area contributed by atoms with Gasteiger partial charge in [0, 0.05) is 36.9 Å². The van der Waals surface area contributed by atoms with E-state index in [1.165, 1.54) is 31.4 Å². The molecule has 0 N–H and O–H groups in total. The third kappa shape index (κ3) is 2.84. The van der Waals surface area contributed by atoms with Crippen molar-refractivity contribution in [3.63, 3.8) is 0 Å². The quantitative estimate of drug-likeness (QED) is 0.784. The lowest BCUT2D eigenvalue weighted by Gasteiger charge is -2.34. The van der Waals surface area contributed by atoms with Crippen LogP contribution in [0.5, 0.6) is 0 Å². The van der Waals surface area contributed by atoms with Crippen LogP contribution in [-0.2, 0) is 0 Å². The molecule has 1 aliphatic carbocycles. The minimum Gasteiger partial charge on any atom is -0.298 e. The molecule has 0 radical (unpaired) electrons. The first kappa shape index (κ1) is 12.7. The Labute approximate surface area is 114 Å². The summed E-state index contributed by atoms with van der Waals surface area (Å²) in [7, 11) is 0. The molecule has 2 aliphatic rings. The maximum Gasteiger partial charge on any atom is 0.106 e. The zero-order valence-corrected chi connectivity index (χ0v) is 11.2. The van der Waals surface area contributed by atoms with Gasteiger partial charge in [-0.1, -0.05) is 11.2 Å². The van der Waals surface area contributed by atoms with Crippen LogP contribution in [0.3, 0.4) is 0 Å². The molecule has 0 amide bonds. The topological polar surface area (TPSA) is 45.6 Å². The second kappa shape index (κ2) is 5.78. The lowest BCUT2D eigenvalue weighted by atomic mass is 9.83. The molecule has 0 spiro atoms. The van der Waals surface area contributed by atoms with E-state index in [0.717, 1.165) is 19.5 Å². The molecule has 1 aromatic heterocycles. The standard InChI is InChI=1S/C15H21N3O/c19-17-13-8-10-18(11-13)14-6-4-12(5-7-14)15-3-1-2-9-16-15/h1-3,9,12-14H,4-8,10-11H2/t12-,13-,14-/m1/s1. The Morgan fingerprint density at radius 1 is 1.16 bits per heavy atom. The van der Waals surface area contributed by atoms with E-state index in [9.17, 15) is 4.91 Å². The van der Waals surface area contributed by atoms with Gasteiger partial charge in [0.15, 0.2) is 0 Å². The Morgan fingerprint density at radius 2 is 2.00 bits per heavy atom. The normalized spacial score (nSPS) is 32.3. The second-order valence-electron chi connectivity index (χ2n) is 5.80. The van der Waals surface area contributed by atoms with Crippen LogP contribution in [-0.4, -0.2) is 35.1 Å². The number of nitroso groups, excluding NO2 is 1. The fraction of sp³-hybridized carbons (Fsp3) is 0.667. The third-order valence-corrected chi connectivity index (χ3v) is 4.66. The van der Waals surface area contributed by atoms with Crippen LogP contribution in [0.1, 0.15) is 43.7 Å². The highest BCUT2D eigenvalue weighted by molar-refractivity contribution is 5.10. The molecule has 0 bridgehead atoms. The van der Waals surface area contributed by atoms with Crippen LogP contribution < -0.4 is 0 Å². The molecular formula is C15H21N3O. The molecule has 2 heterocycles. The van der Waals surface area contributed by atoms with Gasteiger partial charge in [-0.2, -0.15) is 4.91 Å². The van der Waals surface area contributed by atoms with Crippen molar-refractivity contribution < 1.29 is 0 Å². The molecule has 1 saturated carbocycles. The maximum absolute atomic E-state index is 10.6. The fourth-order valence-electron chi connectivity index (χ4n) is 3.54. The van der Waals surface area contributed by atoms with Crippen LogP contribution >= 0.6 is 0 Å². The number of rotatable bonds is 3. The lowest BCUT2D eigenvalue weighted by Crippen LogP contribution is -2.36. The van der Waals surface area contributed by atoms with Gasteiger partial charge >= 0.3 is 0 Å². The van der Waals surface area contributed by atoms with Crippen molar-refractivity contribution in [3.05, 3.63) is 35.0 Å². The maximum atomic E-state index is 10.6. The first-order valence-corrected chi connectivity index (χ1v) is 7.34. The zero-order chi connectivity index (χ0) is 13.1.